The fraction of sp³-hybridized carbons (Fsp3) is 0.321. The van der Waals surface area contributed by atoms with E-state index in [0.717, 1.165) is 12.8 Å². The van der Waals surface area contributed by atoms with Crippen LogP contribution in [0.25, 0.3) is 0 Å². The summed E-state index contributed by atoms with van der Waals surface area (Å²) in [5.41, 5.74) is 4.08. The van der Waals surface area contributed by atoms with E-state index in [1.165, 1.54) is 22.8 Å². The minimum absolute atomic E-state index is 0.0333. The van der Waals surface area contributed by atoms with Crippen LogP contribution >= 0.6 is 34.5 Å². The van der Waals surface area contributed by atoms with Crippen LogP contribution in [0.4, 0.5) is 0 Å². The van der Waals surface area contributed by atoms with E-state index in [0.29, 0.717) is 44.5 Å². The molecule has 3 N–H and O–H groups in total. The molecule has 4 atom stereocenters. The van der Waals surface area contributed by atoms with Gasteiger partial charge in [-0.1, -0.05) is 60.3 Å². The molecule has 1 saturated carbocycles. The minimum Gasteiger partial charge on any atom is -0.478 e. The van der Waals surface area contributed by atoms with Crippen molar-refractivity contribution in [3.05, 3.63) is 91.1 Å². The number of hydrogen-bond donors (Lipinski definition) is 3. The molecule has 11 heteroatoms. The van der Waals surface area contributed by atoms with Crippen molar-refractivity contribution in [2.24, 2.45) is 0 Å². The molecule has 8 nitrogen and oxygen atoms in total. The van der Waals surface area contributed by atoms with Crippen LogP contribution in [-0.4, -0.2) is 45.0 Å². The number of carboxylic acid groups (broad SMARTS) is 1. The van der Waals surface area contributed by atoms with Crippen molar-refractivity contribution >= 4 is 52.3 Å². The number of carbonyl (C=O) groups is 3. The third kappa shape index (κ3) is 5.55. The third-order valence-corrected chi connectivity index (χ3v) is 8.75. The van der Waals surface area contributed by atoms with Crippen LogP contribution in [0.15, 0.2) is 53.9 Å². The topological polar surface area (TPSA) is 116 Å². The zero-order valence-corrected chi connectivity index (χ0v) is 23.0. The van der Waals surface area contributed by atoms with Gasteiger partial charge in [0.1, 0.15) is 6.61 Å². The SMILES string of the molecule is O=C(O)c1csc(CONC(=O)[C@@H]2c3ccccc3C(=O)N([C@H]3CCCC[C@@H]3O)[C@H]2c2ccc(Cl)cc2Cl)c1. The predicted octanol–water partition coefficient (Wildman–Crippen LogP) is 5.59. The number of fused-ring (bicyclic) bond motifs is 1. The second-order valence-corrected chi connectivity index (χ2v) is 11.5. The molecule has 0 radical (unpaired) electrons. The fourth-order valence-electron chi connectivity index (χ4n) is 5.50. The molecule has 39 heavy (non-hydrogen) atoms. The predicted molar refractivity (Wildman–Crippen MR) is 147 cm³/mol. The lowest BCUT2D eigenvalue weighted by molar-refractivity contribution is -0.138. The summed E-state index contributed by atoms with van der Waals surface area (Å²) < 4.78 is 0. The van der Waals surface area contributed by atoms with E-state index in [1.807, 2.05) is 0 Å². The Kier molecular flexibility index (Phi) is 8.25. The Morgan fingerprint density at radius 3 is 2.56 bits per heavy atom. The van der Waals surface area contributed by atoms with Crippen LogP contribution in [-0.2, 0) is 16.2 Å². The van der Waals surface area contributed by atoms with Crippen LogP contribution in [0.2, 0.25) is 10.0 Å². The standard InChI is InChI=1S/C28H26Cl2N2O6S/c29-16-9-10-20(21(30)12-16)25-24(26(34)31-38-13-17-11-15(14-39-17)28(36)37)18-5-1-2-6-19(18)27(35)32(25)22-7-3-4-8-23(22)33/h1-2,5-6,9-12,14,22-25,33H,3-4,7-8,13H2,(H,31,34)(H,36,37)/t22-,23-,24+,25-/m0/s1. The average molecular weight is 589 g/mol. The Morgan fingerprint density at radius 1 is 1.08 bits per heavy atom. The largest absolute Gasteiger partial charge is 0.478 e. The van der Waals surface area contributed by atoms with Crippen LogP contribution < -0.4 is 5.48 Å². The first-order valence-corrected chi connectivity index (χ1v) is 14.2. The monoisotopic (exact) mass is 588 g/mol. The Hall–Kier alpha value is -2.95. The number of aliphatic hydroxyl groups is 1. The van der Waals surface area contributed by atoms with E-state index in [1.54, 1.807) is 47.4 Å². The number of aliphatic hydroxyl groups excluding tert-OH is 1. The lowest BCUT2D eigenvalue weighted by atomic mass is 9.77. The molecule has 2 aromatic carbocycles. The molecule has 2 heterocycles. The number of halogens is 2. The van der Waals surface area contributed by atoms with Crippen LogP contribution in [0.3, 0.4) is 0 Å². The molecular weight excluding hydrogens is 563 g/mol. The number of carbonyl (C=O) groups excluding carboxylic acids is 2. The van der Waals surface area contributed by atoms with Crippen molar-refractivity contribution in [3.8, 4) is 0 Å². The number of rotatable bonds is 7. The number of nitrogens with zero attached hydrogens (tertiary/aromatic N) is 1. The van der Waals surface area contributed by atoms with Crippen molar-refractivity contribution in [2.75, 3.05) is 0 Å². The molecule has 0 spiro atoms. The normalized spacial score (nSPS) is 22.8. The van der Waals surface area contributed by atoms with Crippen molar-refractivity contribution in [3.63, 3.8) is 0 Å². The van der Waals surface area contributed by atoms with Crippen LogP contribution in [0, 0.1) is 0 Å². The minimum atomic E-state index is -1.04. The molecule has 0 saturated heterocycles. The van der Waals surface area contributed by atoms with Gasteiger partial charge in [0.15, 0.2) is 0 Å². The summed E-state index contributed by atoms with van der Waals surface area (Å²) in [7, 11) is 0. The van der Waals surface area contributed by atoms with Crippen molar-refractivity contribution in [2.45, 2.75) is 56.4 Å². The summed E-state index contributed by atoms with van der Waals surface area (Å²) in [4.78, 5) is 46.8. The first kappa shape index (κ1) is 27.6. The van der Waals surface area contributed by atoms with Gasteiger partial charge in [0, 0.05) is 25.9 Å². The van der Waals surface area contributed by atoms with Crippen molar-refractivity contribution < 1.29 is 29.4 Å². The highest BCUT2D eigenvalue weighted by molar-refractivity contribution is 7.10. The van der Waals surface area contributed by atoms with E-state index >= 15 is 0 Å². The van der Waals surface area contributed by atoms with Gasteiger partial charge in [-0.15, -0.1) is 11.3 Å². The average Bonchev–Trinajstić information content (AvgIpc) is 3.39. The van der Waals surface area contributed by atoms with Gasteiger partial charge in [0.2, 0.25) is 0 Å². The van der Waals surface area contributed by atoms with Gasteiger partial charge in [-0.3, -0.25) is 14.4 Å². The summed E-state index contributed by atoms with van der Waals surface area (Å²) in [6, 6.07) is 12.0. The Morgan fingerprint density at radius 2 is 1.85 bits per heavy atom. The van der Waals surface area contributed by atoms with Crippen LogP contribution in [0.1, 0.15) is 74.4 Å². The molecule has 204 valence electrons. The van der Waals surface area contributed by atoms with Crippen LogP contribution in [0.5, 0.6) is 0 Å². The molecule has 5 rings (SSSR count). The number of nitrogens with one attached hydrogen (secondary N) is 1. The van der Waals surface area contributed by atoms with E-state index in [-0.39, 0.29) is 18.1 Å². The second-order valence-electron chi connectivity index (χ2n) is 9.67. The Balaban J connectivity index is 1.53. The number of hydroxylamine groups is 1. The fourth-order valence-corrected chi connectivity index (χ4v) is 6.79. The zero-order chi connectivity index (χ0) is 27.7. The van der Waals surface area contributed by atoms with Gasteiger partial charge in [-0.05, 0) is 48.2 Å². The maximum absolute atomic E-state index is 14.0. The number of thiophene rings is 1. The molecule has 3 aromatic rings. The highest BCUT2D eigenvalue weighted by atomic mass is 35.5. The summed E-state index contributed by atoms with van der Waals surface area (Å²) >= 11 is 14.1. The second kappa shape index (κ2) is 11.7. The maximum Gasteiger partial charge on any atom is 0.336 e. The first-order chi connectivity index (χ1) is 18.8. The molecule has 1 fully saturated rings. The molecule has 1 aliphatic carbocycles. The molecule has 0 unspecified atom stereocenters. The van der Waals surface area contributed by atoms with Gasteiger partial charge < -0.3 is 15.1 Å². The van der Waals surface area contributed by atoms with E-state index in [4.69, 9.17) is 33.1 Å². The van der Waals surface area contributed by atoms with Gasteiger partial charge in [0.05, 0.1) is 29.7 Å². The van der Waals surface area contributed by atoms with Gasteiger partial charge >= 0.3 is 5.97 Å². The summed E-state index contributed by atoms with van der Waals surface area (Å²) in [5.74, 6) is -2.74. The van der Waals surface area contributed by atoms with Gasteiger partial charge in [-0.25, -0.2) is 10.3 Å². The van der Waals surface area contributed by atoms with E-state index < -0.39 is 36.0 Å². The number of benzene rings is 2. The summed E-state index contributed by atoms with van der Waals surface area (Å²) in [6.45, 7) is -0.0333. The van der Waals surface area contributed by atoms with Crippen molar-refractivity contribution in [1.82, 2.24) is 10.4 Å². The van der Waals surface area contributed by atoms with Gasteiger partial charge in [0.25, 0.3) is 11.8 Å². The lowest BCUT2D eigenvalue weighted by Gasteiger charge is -2.48. The number of carboxylic acids is 1. The number of aromatic carboxylic acids is 1. The maximum atomic E-state index is 14.0. The number of hydrogen-bond acceptors (Lipinski definition) is 6. The van der Waals surface area contributed by atoms with Gasteiger partial charge in [-0.2, -0.15) is 0 Å². The zero-order valence-electron chi connectivity index (χ0n) is 20.7. The Labute approximate surface area is 239 Å². The molecule has 1 aliphatic heterocycles. The number of amides is 2. The third-order valence-electron chi connectivity index (χ3n) is 7.28. The molecule has 0 bridgehead atoms. The smallest absolute Gasteiger partial charge is 0.336 e. The molecule has 2 aliphatic rings. The quantitative estimate of drug-likeness (QED) is 0.310. The van der Waals surface area contributed by atoms with E-state index in [9.17, 15) is 19.5 Å². The first-order valence-electron chi connectivity index (χ1n) is 12.5. The summed E-state index contributed by atoms with van der Waals surface area (Å²) in [5, 5.41) is 22.3. The molecular formula is C28H26Cl2N2O6S. The Bertz CT molecular complexity index is 1410. The lowest BCUT2D eigenvalue weighted by Crippen LogP contribution is -2.55. The highest BCUT2D eigenvalue weighted by Gasteiger charge is 2.49. The molecule has 1 aromatic heterocycles. The van der Waals surface area contributed by atoms with Crippen molar-refractivity contribution in [1.29, 1.82) is 0 Å². The summed E-state index contributed by atoms with van der Waals surface area (Å²) in [6.07, 6.45) is 2.09. The van der Waals surface area contributed by atoms with E-state index in [2.05, 4.69) is 5.48 Å². The molecule has 2 amide bonds. The highest BCUT2D eigenvalue weighted by Crippen LogP contribution is 2.47.